The number of hydrogen-bond acceptors (Lipinski definition) is 4. The first-order valence-electron chi connectivity index (χ1n) is 10.5. The Bertz CT molecular complexity index is 880. The van der Waals surface area contributed by atoms with E-state index < -0.39 is 12.0 Å². The van der Waals surface area contributed by atoms with Crippen LogP contribution in [0.4, 0.5) is 0 Å². The smallest absolute Gasteiger partial charge is 0.255 e. The second-order valence-corrected chi connectivity index (χ2v) is 8.37. The van der Waals surface area contributed by atoms with Crippen LogP contribution in [0.5, 0.6) is 5.75 Å². The van der Waals surface area contributed by atoms with Gasteiger partial charge in [0.25, 0.3) is 5.91 Å². The molecule has 32 heavy (non-hydrogen) atoms. The van der Waals surface area contributed by atoms with Gasteiger partial charge in [0.05, 0.1) is 12.6 Å². The number of aliphatic hydroxyl groups excluding tert-OH is 1. The second-order valence-electron chi connectivity index (χ2n) is 8.37. The van der Waals surface area contributed by atoms with Gasteiger partial charge in [0.15, 0.2) is 12.6 Å². The van der Waals surface area contributed by atoms with E-state index in [1.807, 2.05) is 37.3 Å². The van der Waals surface area contributed by atoms with Crippen molar-refractivity contribution < 1.29 is 14.6 Å². The number of aliphatic hydroxyl groups is 1. The number of guanidine groups is 1. The van der Waals surface area contributed by atoms with Crippen molar-refractivity contribution in [3.63, 3.8) is 0 Å². The van der Waals surface area contributed by atoms with Gasteiger partial charge in [0.1, 0.15) is 5.75 Å². The first-order valence-corrected chi connectivity index (χ1v) is 10.5. The molecule has 0 heterocycles. The molecule has 7 nitrogen and oxygen atoms in total. The Kier molecular flexibility index (Phi) is 11.5. The van der Waals surface area contributed by atoms with Crippen molar-refractivity contribution in [2.24, 2.45) is 10.7 Å². The summed E-state index contributed by atoms with van der Waals surface area (Å²) in [6, 6.07) is 15.4. The maximum absolute atomic E-state index is 10.9. The number of carbonyl (C=O) groups excluding carboxylic acids is 1. The number of amides is 1. The monoisotopic (exact) mass is 554 g/mol. The normalized spacial score (nSPS) is 12.5. The van der Waals surface area contributed by atoms with Crippen LogP contribution >= 0.6 is 24.0 Å². The van der Waals surface area contributed by atoms with E-state index in [0.29, 0.717) is 31.3 Å². The van der Waals surface area contributed by atoms with Crippen molar-refractivity contribution in [2.75, 3.05) is 19.7 Å². The maximum atomic E-state index is 10.9. The number of nitrogens with two attached hydrogens (primary N) is 1. The molecule has 0 radical (unpaired) electrons. The van der Waals surface area contributed by atoms with Crippen molar-refractivity contribution in [3.8, 4) is 5.75 Å². The molecule has 0 aromatic heterocycles. The summed E-state index contributed by atoms with van der Waals surface area (Å²) in [5.74, 6) is 0.656. The van der Waals surface area contributed by atoms with Gasteiger partial charge in [-0.1, -0.05) is 57.2 Å². The molecular weight excluding hydrogens is 519 g/mol. The first-order chi connectivity index (χ1) is 14.7. The molecule has 5 N–H and O–H groups in total. The van der Waals surface area contributed by atoms with Gasteiger partial charge >= 0.3 is 0 Å². The molecule has 0 aliphatic rings. The highest BCUT2D eigenvalue weighted by atomic mass is 127. The van der Waals surface area contributed by atoms with Crippen LogP contribution in [0.2, 0.25) is 0 Å². The number of rotatable bonds is 9. The number of aliphatic imine (C=N–C) groups is 1. The number of nitrogens with one attached hydrogen (secondary N) is 2. The quantitative estimate of drug-likeness (QED) is 0.216. The van der Waals surface area contributed by atoms with E-state index in [1.165, 1.54) is 5.56 Å². The summed E-state index contributed by atoms with van der Waals surface area (Å²) in [5.41, 5.74) is 8.21. The van der Waals surface area contributed by atoms with Gasteiger partial charge in [-0.15, -0.1) is 24.0 Å². The Balaban J connectivity index is 0.00000512. The highest BCUT2D eigenvalue weighted by Gasteiger charge is 2.15. The number of ether oxygens (including phenoxy) is 1. The highest BCUT2D eigenvalue weighted by molar-refractivity contribution is 14.0. The zero-order chi connectivity index (χ0) is 22.9. The van der Waals surface area contributed by atoms with Crippen molar-refractivity contribution >= 4 is 35.8 Å². The molecule has 1 unspecified atom stereocenters. The molecule has 2 aromatic rings. The maximum Gasteiger partial charge on any atom is 0.255 e. The number of halogens is 1. The second kappa shape index (κ2) is 13.3. The van der Waals surface area contributed by atoms with E-state index in [2.05, 4.69) is 48.5 Å². The van der Waals surface area contributed by atoms with Gasteiger partial charge in [-0.3, -0.25) is 4.79 Å². The summed E-state index contributed by atoms with van der Waals surface area (Å²) in [5, 5.41) is 16.9. The summed E-state index contributed by atoms with van der Waals surface area (Å²) in [4.78, 5) is 15.4. The molecule has 1 amide bonds. The Morgan fingerprint density at radius 1 is 1.16 bits per heavy atom. The molecule has 0 bridgehead atoms. The van der Waals surface area contributed by atoms with Crippen LogP contribution in [0, 0.1) is 0 Å². The zero-order valence-corrected chi connectivity index (χ0v) is 21.6. The van der Waals surface area contributed by atoms with Gasteiger partial charge in [0, 0.05) is 13.1 Å². The summed E-state index contributed by atoms with van der Waals surface area (Å²) < 4.78 is 5.33. The lowest BCUT2D eigenvalue weighted by molar-refractivity contribution is -0.119. The van der Waals surface area contributed by atoms with Crippen LogP contribution < -0.4 is 21.1 Å². The number of nitrogens with zero attached hydrogens (tertiary/aromatic N) is 1. The summed E-state index contributed by atoms with van der Waals surface area (Å²) in [6.45, 7) is 9.77. The third-order valence-corrected chi connectivity index (χ3v) is 4.67. The van der Waals surface area contributed by atoms with Crippen LogP contribution in [0.15, 0.2) is 53.5 Å². The molecule has 1 atom stereocenters. The molecule has 0 saturated carbocycles. The Morgan fingerprint density at radius 3 is 2.44 bits per heavy atom. The van der Waals surface area contributed by atoms with Crippen molar-refractivity contribution in [1.82, 2.24) is 10.6 Å². The van der Waals surface area contributed by atoms with Crippen LogP contribution in [0.3, 0.4) is 0 Å². The molecule has 2 rings (SSSR count). The van der Waals surface area contributed by atoms with Crippen LogP contribution in [-0.2, 0) is 16.8 Å². The molecule has 2 aromatic carbocycles. The van der Waals surface area contributed by atoms with E-state index in [0.717, 1.165) is 11.1 Å². The van der Waals surface area contributed by atoms with E-state index in [4.69, 9.17) is 10.5 Å². The van der Waals surface area contributed by atoms with Crippen molar-refractivity contribution in [2.45, 2.75) is 45.8 Å². The standard InChI is InChI=1S/C24H34N4O3.HI/c1-5-26-23(27-14-17-7-6-8-20(13-17)31-16-22(25)30)28-15-21(29)18-9-11-19(12-10-18)24(2,3)4;/h6-13,21,29H,5,14-16H2,1-4H3,(H2,25,30)(H2,26,27,28);1H. The van der Waals surface area contributed by atoms with Crippen LogP contribution in [0.25, 0.3) is 0 Å². The fourth-order valence-electron chi connectivity index (χ4n) is 2.92. The average molecular weight is 554 g/mol. The lowest BCUT2D eigenvalue weighted by Crippen LogP contribution is -2.39. The fraction of sp³-hybridized carbons (Fsp3) is 0.417. The minimum absolute atomic E-state index is 0. The summed E-state index contributed by atoms with van der Waals surface area (Å²) in [6.07, 6.45) is -0.650. The number of hydrogen-bond donors (Lipinski definition) is 4. The highest BCUT2D eigenvalue weighted by Crippen LogP contribution is 2.23. The predicted molar refractivity (Wildman–Crippen MR) is 139 cm³/mol. The van der Waals surface area contributed by atoms with Gasteiger partial charge in [0.2, 0.25) is 0 Å². The molecule has 0 aliphatic carbocycles. The molecule has 0 saturated heterocycles. The Hall–Kier alpha value is -2.33. The predicted octanol–water partition coefficient (Wildman–Crippen LogP) is 3.25. The number of primary amides is 1. The molecule has 8 heteroatoms. The number of carbonyl (C=O) groups is 1. The zero-order valence-electron chi connectivity index (χ0n) is 19.2. The third kappa shape index (κ3) is 9.44. The first kappa shape index (κ1) is 27.7. The third-order valence-electron chi connectivity index (χ3n) is 4.67. The topological polar surface area (TPSA) is 109 Å². The van der Waals surface area contributed by atoms with Gasteiger partial charge in [-0.2, -0.15) is 0 Å². The fourth-order valence-corrected chi connectivity index (χ4v) is 2.92. The van der Waals surface area contributed by atoms with Crippen molar-refractivity contribution in [1.29, 1.82) is 0 Å². The van der Waals surface area contributed by atoms with Crippen LogP contribution in [0.1, 0.15) is 50.5 Å². The largest absolute Gasteiger partial charge is 0.484 e. The van der Waals surface area contributed by atoms with E-state index in [-0.39, 0.29) is 36.0 Å². The van der Waals surface area contributed by atoms with Gasteiger partial charge in [-0.25, -0.2) is 4.99 Å². The van der Waals surface area contributed by atoms with E-state index >= 15 is 0 Å². The lowest BCUT2D eigenvalue weighted by Gasteiger charge is -2.20. The van der Waals surface area contributed by atoms with Crippen molar-refractivity contribution in [3.05, 3.63) is 65.2 Å². The molecule has 176 valence electrons. The molecular formula is C24H35IN4O3. The Morgan fingerprint density at radius 2 is 1.84 bits per heavy atom. The Labute approximate surface area is 207 Å². The molecule has 0 fully saturated rings. The SMILES string of the molecule is CCNC(=NCc1cccc(OCC(N)=O)c1)NCC(O)c1ccc(C(C)(C)C)cc1.I. The van der Waals surface area contributed by atoms with Crippen LogP contribution in [-0.4, -0.2) is 36.7 Å². The van der Waals surface area contributed by atoms with E-state index in [9.17, 15) is 9.90 Å². The number of benzene rings is 2. The average Bonchev–Trinajstić information content (AvgIpc) is 2.73. The lowest BCUT2D eigenvalue weighted by atomic mass is 9.86. The summed E-state index contributed by atoms with van der Waals surface area (Å²) >= 11 is 0. The van der Waals surface area contributed by atoms with Gasteiger partial charge in [-0.05, 0) is 41.2 Å². The van der Waals surface area contributed by atoms with E-state index in [1.54, 1.807) is 6.07 Å². The summed E-state index contributed by atoms with van der Waals surface area (Å²) in [7, 11) is 0. The minimum atomic E-state index is -0.650. The van der Waals surface area contributed by atoms with Gasteiger partial charge < -0.3 is 26.2 Å². The minimum Gasteiger partial charge on any atom is -0.484 e. The molecule has 0 spiro atoms. The molecule has 0 aliphatic heterocycles.